The van der Waals surface area contributed by atoms with Crippen molar-refractivity contribution in [3.8, 4) is 0 Å². The van der Waals surface area contributed by atoms with Crippen LogP contribution in [0.3, 0.4) is 0 Å². The second-order valence-electron chi connectivity index (χ2n) is 4.17. The largest absolute Gasteiger partial charge is 0.331 e. The first-order valence-corrected chi connectivity index (χ1v) is 7.71. The van der Waals surface area contributed by atoms with Gasteiger partial charge in [-0.1, -0.05) is 41.1 Å². The van der Waals surface area contributed by atoms with Crippen LogP contribution >= 0.6 is 38.9 Å². The van der Waals surface area contributed by atoms with Gasteiger partial charge in [-0.3, -0.25) is 0 Å². The first-order valence-electron chi connectivity index (χ1n) is 5.72. The molecule has 96 valence electrons. The predicted molar refractivity (Wildman–Crippen MR) is 86.8 cm³/mol. The first kappa shape index (κ1) is 12.9. The molecule has 0 unspecified atom stereocenters. The van der Waals surface area contributed by atoms with Gasteiger partial charge in [0.2, 0.25) is 0 Å². The second kappa shape index (κ2) is 5.12. The maximum atomic E-state index is 6.16. The highest BCUT2D eigenvalue weighted by atomic mass is 79.9. The standard InChI is InChI=1S/C14H10BrClN2S/c1-8-4-2-6-10(12(8)15)17-14-18-11-7-3-5-9(16)13(11)19-14/h2-7H,1H3,(H,17,18). The Morgan fingerprint density at radius 3 is 2.79 bits per heavy atom. The molecular weight excluding hydrogens is 344 g/mol. The van der Waals surface area contributed by atoms with Crippen LogP contribution in [0.1, 0.15) is 5.56 Å². The lowest BCUT2D eigenvalue weighted by molar-refractivity contribution is 1.39. The van der Waals surface area contributed by atoms with Crippen molar-refractivity contribution in [3.63, 3.8) is 0 Å². The number of rotatable bonds is 2. The first-order chi connectivity index (χ1) is 9.15. The highest BCUT2D eigenvalue weighted by Gasteiger charge is 2.08. The number of nitrogens with zero attached hydrogens (tertiary/aromatic N) is 1. The molecule has 0 fully saturated rings. The lowest BCUT2D eigenvalue weighted by Crippen LogP contribution is -1.91. The van der Waals surface area contributed by atoms with Crippen LogP contribution < -0.4 is 5.32 Å². The van der Waals surface area contributed by atoms with E-state index in [2.05, 4.69) is 39.2 Å². The number of aryl methyl sites for hydroxylation is 1. The van der Waals surface area contributed by atoms with Crippen LogP contribution in [0.4, 0.5) is 10.8 Å². The molecule has 0 aliphatic carbocycles. The highest BCUT2D eigenvalue weighted by molar-refractivity contribution is 9.10. The zero-order chi connectivity index (χ0) is 13.4. The average Bonchev–Trinajstić information content (AvgIpc) is 2.79. The third-order valence-electron chi connectivity index (χ3n) is 2.80. The van der Waals surface area contributed by atoms with E-state index in [-0.39, 0.29) is 0 Å². The van der Waals surface area contributed by atoms with Gasteiger partial charge in [0.15, 0.2) is 5.13 Å². The molecule has 0 bridgehead atoms. The number of benzene rings is 2. The van der Waals surface area contributed by atoms with E-state index in [9.17, 15) is 0 Å². The number of nitrogens with one attached hydrogen (secondary N) is 1. The summed E-state index contributed by atoms with van der Waals surface area (Å²) in [7, 11) is 0. The topological polar surface area (TPSA) is 24.9 Å². The van der Waals surface area contributed by atoms with Crippen LogP contribution in [-0.2, 0) is 0 Å². The highest BCUT2D eigenvalue weighted by Crippen LogP contribution is 2.35. The molecule has 19 heavy (non-hydrogen) atoms. The Hall–Kier alpha value is -1.10. The van der Waals surface area contributed by atoms with Crippen molar-refractivity contribution >= 4 is 59.9 Å². The van der Waals surface area contributed by atoms with Gasteiger partial charge in [-0.15, -0.1) is 0 Å². The van der Waals surface area contributed by atoms with Crippen LogP contribution in [0.15, 0.2) is 40.9 Å². The van der Waals surface area contributed by atoms with Crippen LogP contribution in [0.2, 0.25) is 5.02 Å². The minimum absolute atomic E-state index is 0.742. The number of hydrogen-bond donors (Lipinski definition) is 1. The number of thiazole rings is 1. The summed E-state index contributed by atoms with van der Waals surface area (Å²) in [6.07, 6.45) is 0. The zero-order valence-corrected chi connectivity index (χ0v) is 13.2. The fourth-order valence-electron chi connectivity index (χ4n) is 1.83. The molecule has 0 aliphatic rings. The number of fused-ring (bicyclic) bond motifs is 1. The zero-order valence-electron chi connectivity index (χ0n) is 10.1. The lowest BCUT2D eigenvalue weighted by atomic mass is 10.2. The molecule has 1 heterocycles. The van der Waals surface area contributed by atoms with Crippen molar-refractivity contribution in [3.05, 3.63) is 51.5 Å². The van der Waals surface area contributed by atoms with E-state index in [1.54, 1.807) is 11.3 Å². The normalized spacial score (nSPS) is 10.9. The van der Waals surface area contributed by atoms with Gasteiger partial charge >= 0.3 is 0 Å². The summed E-state index contributed by atoms with van der Waals surface area (Å²) >= 11 is 11.3. The van der Waals surface area contributed by atoms with E-state index in [0.29, 0.717) is 0 Å². The number of hydrogen-bond acceptors (Lipinski definition) is 3. The van der Waals surface area contributed by atoms with Gasteiger partial charge in [-0.2, -0.15) is 0 Å². The van der Waals surface area contributed by atoms with E-state index in [1.165, 1.54) is 5.56 Å². The Balaban J connectivity index is 2.02. The smallest absolute Gasteiger partial charge is 0.188 e. The Morgan fingerprint density at radius 2 is 2.00 bits per heavy atom. The summed E-state index contributed by atoms with van der Waals surface area (Å²) in [5.41, 5.74) is 3.11. The number of anilines is 2. The summed E-state index contributed by atoms with van der Waals surface area (Å²) < 4.78 is 2.07. The molecule has 0 saturated carbocycles. The summed E-state index contributed by atoms with van der Waals surface area (Å²) in [6.45, 7) is 2.06. The molecule has 1 N–H and O–H groups in total. The van der Waals surface area contributed by atoms with Gasteiger partial charge in [0, 0.05) is 4.47 Å². The van der Waals surface area contributed by atoms with Crippen molar-refractivity contribution in [2.45, 2.75) is 6.92 Å². The Labute approximate surface area is 128 Å². The van der Waals surface area contributed by atoms with Gasteiger partial charge in [0.25, 0.3) is 0 Å². The summed E-state index contributed by atoms with van der Waals surface area (Å²) in [4.78, 5) is 4.54. The Bertz CT molecular complexity index is 754. The summed E-state index contributed by atoms with van der Waals surface area (Å²) in [6, 6.07) is 11.9. The van der Waals surface area contributed by atoms with Crippen molar-refractivity contribution in [1.82, 2.24) is 4.98 Å². The van der Waals surface area contributed by atoms with Gasteiger partial charge < -0.3 is 5.32 Å². The van der Waals surface area contributed by atoms with Crippen molar-refractivity contribution in [2.24, 2.45) is 0 Å². The average molecular weight is 354 g/mol. The van der Waals surface area contributed by atoms with E-state index < -0.39 is 0 Å². The quantitative estimate of drug-likeness (QED) is 0.633. The molecular formula is C14H10BrClN2S. The molecule has 0 saturated heterocycles. The fraction of sp³-hybridized carbons (Fsp3) is 0.0714. The van der Waals surface area contributed by atoms with Crippen molar-refractivity contribution < 1.29 is 0 Å². The molecule has 0 aliphatic heterocycles. The third kappa shape index (κ3) is 2.48. The SMILES string of the molecule is Cc1cccc(Nc2nc3cccc(Cl)c3s2)c1Br. The maximum Gasteiger partial charge on any atom is 0.188 e. The minimum Gasteiger partial charge on any atom is -0.331 e. The van der Waals surface area contributed by atoms with Crippen molar-refractivity contribution in [2.75, 3.05) is 5.32 Å². The molecule has 3 aromatic rings. The van der Waals surface area contributed by atoms with Gasteiger partial charge in [-0.05, 0) is 46.6 Å². The molecule has 2 nitrogen and oxygen atoms in total. The van der Waals surface area contributed by atoms with Crippen LogP contribution in [0.25, 0.3) is 10.2 Å². The molecule has 2 aromatic carbocycles. The molecule has 0 atom stereocenters. The van der Waals surface area contributed by atoms with E-state index in [4.69, 9.17) is 11.6 Å². The molecule has 0 spiro atoms. The molecule has 0 amide bonds. The van der Waals surface area contributed by atoms with Crippen LogP contribution in [0.5, 0.6) is 0 Å². The van der Waals surface area contributed by atoms with E-state index >= 15 is 0 Å². The molecule has 0 radical (unpaired) electrons. The summed E-state index contributed by atoms with van der Waals surface area (Å²) in [5, 5.41) is 4.92. The van der Waals surface area contributed by atoms with E-state index in [1.807, 2.05) is 30.3 Å². The molecule has 5 heteroatoms. The molecule has 1 aromatic heterocycles. The van der Waals surface area contributed by atoms with Gasteiger partial charge in [0.1, 0.15) is 0 Å². The van der Waals surface area contributed by atoms with Crippen molar-refractivity contribution in [1.29, 1.82) is 0 Å². The van der Waals surface area contributed by atoms with Gasteiger partial charge in [0.05, 0.1) is 20.9 Å². The Kier molecular flexibility index (Phi) is 3.48. The van der Waals surface area contributed by atoms with E-state index in [0.717, 1.165) is 30.5 Å². The van der Waals surface area contributed by atoms with Gasteiger partial charge in [-0.25, -0.2) is 4.98 Å². The summed E-state index contributed by atoms with van der Waals surface area (Å²) in [5.74, 6) is 0. The monoisotopic (exact) mass is 352 g/mol. The predicted octanol–water partition coefficient (Wildman–Crippen LogP) is 5.76. The third-order valence-corrected chi connectivity index (χ3v) is 5.30. The second-order valence-corrected chi connectivity index (χ2v) is 6.37. The van der Waals surface area contributed by atoms with Crippen LogP contribution in [0, 0.1) is 6.92 Å². The maximum absolute atomic E-state index is 6.16. The number of aromatic nitrogens is 1. The minimum atomic E-state index is 0.742. The Morgan fingerprint density at radius 1 is 1.21 bits per heavy atom. The van der Waals surface area contributed by atoms with Crippen LogP contribution in [-0.4, -0.2) is 4.98 Å². The lowest BCUT2D eigenvalue weighted by Gasteiger charge is -2.07. The fourth-order valence-corrected chi connectivity index (χ4v) is 3.36. The molecule has 3 rings (SSSR count). The number of halogens is 2.